The average Bonchev–Trinajstić information content (AvgIpc) is 2.39. The second-order valence-electron chi connectivity index (χ2n) is 4.25. The fourth-order valence-electron chi connectivity index (χ4n) is 1.43. The Kier molecular flexibility index (Phi) is 6.80. The zero-order valence-corrected chi connectivity index (χ0v) is 12.4. The van der Waals surface area contributed by atoms with E-state index in [9.17, 15) is 18.0 Å². The van der Waals surface area contributed by atoms with Gasteiger partial charge in [0.15, 0.2) is 5.69 Å². The molecule has 0 amide bonds. The van der Waals surface area contributed by atoms with Crippen LogP contribution in [-0.4, -0.2) is 23.3 Å². The van der Waals surface area contributed by atoms with E-state index in [0.29, 0.717) is 6.61 Å². The van der Waals surface area contributed by atoms with Crippen molar-refractivity contribution in [3.05, 3.63) is 17.8 Å². The third-order valence-corrected chi connectivity index (χ3v) is 3.52. The lowest BCUT2D eigenvalue weighted by molar-refractivity contribution is -0.143. The summed E-state index contributed by atoms with van der Waals surface area (Å²) in [5.41, 5.74) is 4.25. The first-order valence-corrected chi connectivity index (χ1v) is 7.45. The van der Waals surface area contributed by atoms with Gasteiger partial charge >= 0.3 is 12.1 Å². The molecule has 21 heavy (non-hydrogen) atoms. The fraction of sp³-hybridized carbons (Fsp3) is 0.538. The standard InChI is InChI=1S/C13H17F3N2O2S/c1-2-3-7-20-11(19)6-8-21-9-4-5-10(17)18-12(9)13(14,15)16/h4-5H,2-3,6-8H2,1H3,(H2,17,18). The zero-order chi connectivity index (χ0) is 15.9. The molecule has 118 valence electrons. The number of aromatic nitrogens is 1. The lowest BCUT2D eigenvalue weighted by atomic mass is 10.3. The molecule has 1 aromatic heterocycles. The van der Waals surface area contributed by atoms with E-state index in [1.54, 1.807) is 0 Å². The number of nitrogens with zero attached hydrogens (tertiary/aromatic N) is 1. The number of carbonyl (C=O) groups is 1. The highest BCUT2D eigenvalue weighted by atomic mass is 32.2. The summed E-state index contributed by atoms with van der Waals surface area (Å²) in [6, 6.07) is 2.56. The molecule has 0 aliphatic carbocycles. The summed E-state index contributed by atoms with van der Waals surface area (Å²) in [5, 5.41) is 0. The summed E-state index contributed by atoms with van der Waals surface area (Å²) < 4.78 is 43.3. The van der Waals surface area contributed by atoms with E-state index in [1.165, 1.54) is 12.1 Å². The molecule has 0 aliphatic heterocycles. The quantitative estimate of drug-likeness (QED) is 0.473. The van der Waals surface area contributed by atoms with Crippen molar-refractivity contribution in [2.24, 2.45) is 0 Å². The molecule has 0 atom stereocenters. The Morgan fingerprint density at radius 1 is 1.43 bits per heavy atom. The van der Waals surface area contributed by atoms with Crippen molar-refractivity contribution in [2.45, 2.75) is 37.3 Å². The molecule has 0 saturated carbocycles. The molecule has 2 N–H and O–H groups in total. The fourth-order valence-corrected chi connectivity index (χ4v) is 2.38. The van der Waals surface area contributed by atoms with Gasteiger partial charge in [-0.1, -0.05) is 13.3 Å². The largest absolute Gasteiger partial charge is 0.466 e. The Labute approximate surface area is 125 Å². The molecule has 0 fully saturated rings. The molecule has 0 saturated heterocycles. The van der Waals surface area contributed by atoms with Crippen molar-refractivity contribution < 1.29 is 22.7 Å². The van der Waals surface area contributed by atoms with Crippen LogP contribution >= 0.6 is 11.8 Å². The Morgan fingerprint density at radius 2 is 2.14 bits per heavy atom. The van der Waals surface area contributed by atoms with Gasteiger partial charge in [-0.05, 0) is 18.6 Å². The smallest absolute Gasteiger partial charge is 0.434 e. The van der Waals surface area contributed by atoms with Crippen LogP contribution in [0.15, 0.2) is 17.0 Å². The highest BCUT2D eigenvalue weighted by Crippen LogP contribution is 2.35. The molecule has 1 aromatic rings. The van der Waals surface area contributed by atoms with E-state index in [-0.39, 0.29) is 22.9 Å². The predicted octanol–water partition coefficient (Wildman–Crippen LogP) is 3.51. The van der Waals surface area contributed by atoms with Gasteiger partial charge in [0.2, 0.25) is 0 Å². The summed E-state index contributed by atoms with van der Waals surface area (Å²) in [7, 11) is 0. The van der Waals surface area contributed by atoms with Gasteiger partial charge < -0.3 is 10.5 Å². The molecular formula is C13H17F3N2O2S. The minimum Gasteiger partial charge on any atom is -0.466 e. The molecule has 0 spiro atoms. The number of nitrogen functional groups attached to an aromatic ring is 1. The predicted molar refractivity (Wildman–Crippen MR) is 74.9 cm³/mol. The van der Waals surface area contributed by atoms with Crippen LogP contribution < -0.4 is 5.73 Å². The highest BCUT2D eigenvalue weighted by Gasteiger charge is 2.35. The van der Waals surface area contributed by atoms with E-state index in [1.807, 2.05) is 6.92 Å². The summed E-state index contributed by atoms with van der Waals surface area (Å²) in [6.07, 6.45) is -2.83. The number of carbonyl (C=O) groups excluding carboxylic acids is 1. The van der Waals surface area contributed by atoms with Crippen LogP contribution in [0.5, 0.6) is 0 Å². The molecule has 4 nitrogen and oxygen atoms in total. The number of thioether (sulfide) groups is 1. The third kappa shape index (κ3) is 6.24. The number of halogens is 3. The van der Waals surface area contributed by atoms with E-state index >= 15 is 0 Å². The Hall–Kier alpha value is -1.44. The SMILES string of the molecule is CCCCOC(=O)CCSc1ccc(N)nc1C(F)(F)F. The summed E-state index contributed by atoms with van der Waals surface area (Å²) >= 11 is 0.911. The topological polar surface area (TPSA) is 65.2 Å². The maximum atomic E-state index is 12.8. The van der Waals surface area contributed by atoms with Crippen LogP contribution in [-0.2, 0) is 15.7 Å². The van der Waals surface area contributed by atoms with Gasteiger partial charge in [-0.2, -0.15) is 13.2 Å². The van der Waals surface area contributed by atoms with E-state index in [4.69, 9.17) is 10.5 Å². The number of hydrogen-bond acceptors (Lipinski definition) is 5. The number of rotatable bonds is 7. The van der Waals surface area contributed by atoms with Crippen LogP contribution in [0.25, 0.3) is 0 Å². The molecule has 0 radical (unpaired) electrons. The Bertz CT molecular complexity index is 481. The molecule has 1 heterocycles. The minimum absolute atomic E-state index is 0.0435. The van der Waals surface area contributed by atoms with Crippen molar-refractivity contribution in [1.29, 1.82) is 0 Å². The number of ether oxygens (including phenoxy) is 1. The number of alkyl halides is 3. The zero-order valence-electron chi connectivity index (χ0n) is 11.6. The molecule has 1 rings (SSSR count). The van der Waals surface area contributed by atoms with Crippen molar-refractivity contribution in [1.82, 2.24) is 4.98 Å². The lowest BCUT2D eigenvalue weighted by Crippen LogP contribution is -2.12. The molecule has 0 unspecified atom stereocenters. The van der Waals surface area contributed by atoms with Gasteiger partial charge in [-0.3, -0.25) is 4.79 Å². The molecule has 0 bridgehead atoms. The maximum absolute atomic E-state index is 12.8. The van der Waals surface area contributed by atoms with E-state index < -0.39 is 17.8 Å². The highest BCUT2D eigenvalue weighted by molar-refractivity contribution is 7.99. The van der Waals surface area contributed by atoms with Crippen molar-refractivity contribution in [3.8, 4) is 0 Å². The van der Waals surface area contributed by atoms with Crippen molar-refractivity contribution in [2.75, 3.05) is 18.1 Å². The Balaban J connectivity index is 2.54. The van der Waals surface area contributed by atoms with E-state index in [0.717, 1.165) is 24.6 Å². The second-order valence-corrected chi connectivity index (χ2v) is 5.39. The molecule has 0 aliphatic rings. The van der Waals surface area contributed by atoms with Crippen LogP contribution in [0.3, 0.4) is 0 Å². The number of esters is 1. The first-order chi connectivity index (χ1) is 9.84. The van der Waals surface area contributed by atoms with Gasteiger partial charge in [0.1, 0.15) is 5.82 Å². The molecule has 0 aromatic carbocycles. The first-order valence-electron chi connectivity index (χ1n) is 6.46. The number of hydrogen-bond donors (Lipinski definition) is 1. The van der Waals surface area contributed by atoms with Gasteiger partial charge in [-0.15, -0.1) is 11.8 Å². The van der Waals surface area contributed by atoms with Gasteiger partial charge in [0.25, 0.3) is 0 Å². The summed E-state index contributed by atoms with van der Waals surface area (Å²) in [6.45, 7) is 2.31. The molecule has 8 heteroatoms. The van der Waals surface area contributed by atoms with E-state index in [2.05, 4.69) is 4.98 Å². The summed E-state index contributed by atoms with van der Waals surface area (Å²) in [5.74, 6) is -0.404. The average molecular weight is 322 g/mol. The Morgan fingerprint density at radius 3 is 2.76 bits per heavy atom. The first kappa shape index (κ1) is 17.6. The van der Waals surface area contributed by atoms with Gasteiger partial charge in [-0.25, -0.2) is 4.98 Å². The van der Waals surface area contributed by atoms with Crippen LogP contribution in [0.4, 0.5) is 19.0 Å². The van der Waals surface area contributed by atoms with Crippen LogP contribution in [0.2, 0.25) is 0 Å². The summed E-state index contributed by atoms with van der Waals surface area (Å²) in [4.78, 5) is 14.6. The van der Waals surface area contributed by atoms with Crippen LogP contribution in [0, 0.1) is 0 Å². The maximum Gasteiger partial charge on any atom is 0.434 e. The number of unbranched alkanes of at least 4 members (excludes halogenated alkanes) is 1. The second kappa shape index (κ2) is 8.11. The third-order valence-electron chi connectivity index (χ3n) is 2.47. The number of anilines is 1. The van der Waals surface area contributed by atoms with Gasteiger partial charge in [0.05, 0.1) is 13.0 Å². The van der Waals surface area contributed by atoms with Crippen molar-refractivity contribution in [3.63, 3.8) is 0 Å². The van der Waals surface area contributed by atoms with Crippen LogP contribution in [0.1, 0.15) is 31.9 Å². The number of pyridine rings is 1. The number of nitrogens with two attached hydrogens (primary N) is 1. The minimum atomic E-state index is -4.57. The van der Waals surface area contributed by atoms with Crippen molar-refractivity contribution >= 4 is 23.5 Å². The van der Waals surface area contributed by atoms with Gasteiger partial charge in [0, 0.05) is 10.6 Å². The molecular weight excluding hydrogens is 305 g/mol. The monoisotopic (exact) mass is 322 g/mol. The normalized spacial score (nSPS) is 11.4. The lowest BCUT2D eigenvalue weighted by Gasteiger charge is -2.11.